The first kappa shape index (κ1) is 14.1. The van der Waals surface area contributed by atoms with Crippen LogP contribution in [0.1, 0.15) is 15.9 Å². The van der Waals surface area contributed by atoms with Crippen molar-refractivity contribution in [2.24, 2.45) is 0 Å². The molecule has 1 N–H and O–H groups in total. The molecule has 0 fully saturated rings. The fourth-order valence-electron chi connectivity index (χ4n) is 1.56. The first-order valence-corrected chi connectivity index (χ1v) is 6.32. The Labute approximate surface area is 121 Å². The first-order chi connectivity index (χ1) is 9.66. The highest BCUT2D eigenvalue weighted by Gasteiger charge is 2.03. The van der Waals surface area contributed by atoms with E-state index in [-0.39, 0.29) is 18.3 Å². The van der Waals surface area contributed by atoms with Crippen LogP contribution in [0.25, 0.3) is 0 Å². The second-order valence-corrected chi connectivity index (χ2v) is 4.41. The second kappa shape index (κ2) is 6.74. The SMILES string of the molecule is O=C(NCC#Cc1ccccc1F)c1cccc(Cl)c1. The summed E-state index contributed by atoms with van der Waals surface area (Å²) in [5.74, 6) is 4.73. The Morgan fingerprint density at radius 2 is 2.00 bits per heavy atom. The first-order valence-electron chi connectivity index (χ1n) is 5.94. The van der Waals surface area contributed by atoms with E-state index in [0.29, 0.717) is 16.1 Å². The summed E-state index contributed by atoms with van der Waals surface area (Å²) >= 11 is 5.80. The molecule has 0 aromatic heterocycles. The highest BCUT2D eigenvalue weighted by atomic mass is 35.5. The Balaban J connectivity index is 1.94. The lowest BCUT2D eigenvalue weighted by molar-refractivity contribution is 0.0958. The molecule has 2 aromatic rings. The van der Waals surface area contributed by atoms with Gasteiger partial charge in [-0.1, -0.05) is 41.6 Å². The molecular weight excluding hydrogens is 277 g/mol. The van der Waals surface area contributed by atoms with Crippen LogP contribution in [-0.4, -0.2) is 12.5 Å². The van der Waals surface area contributed by atoms with Crippen molar-refractivity contribution in [3.63, 3.8) is 0 Å². The van der Waals surface area contributed by atoms with Crippen LogP contribution < -0.4 is 5.32 Å². The van der Waals surface area contributed by atoms with Crippen molar-refractivity contribution in [3.8, 4) is 11.8 Å². The normalized spacial score (nSPS) is 9.50. The van der Waals surface area contributed by atoms with E-state index < -0.39 is 0 Å². The molecule has 0 saturated heterocycles. The van der Waals surface area contributed by atoms with Crippen molar-refractivity contribution in [1.29, 1.82) is 0 Å². The largest absolute Gasteiger partial charge is 0.341 e. The fourth-order valence-corrected chi connectivity index (χ4v) is 1.75. The number of carbonyl (C=O) groups excluding carboxylic acids is 1. The number of carbonyl (C=O) groups is 1. The highest BCUT2D eigenvalue weighted by Crippen LogP contribution is 2.10. The van der Waals surface area contributed by atoms with Crippen LogP contribution in [0.4, 0.5) is 4.39 Å². The molecule has 20 heavy (non-hydrogen) atoms. The quantitative estimate of drug-likeness (QED) is 0.844. The van der Waals surface area contributed by atoms with Gasteiger partial charge in [-0.15, -0.1) is 0 Å². The van der Waals surface area contributed by atoms with Crippen LogP contribution in [0.2, 0.25) is 5.02 Å². The minimum Gasteiger partial charge on any atom is -0.341 e. The summed E-state index contributed by atoms with van der Waals surface area (Å²) in [6.07, 6.45) is 0. The van der Waals surface area contributed by atoms with E-state index in [4.69, 9.17) is 11.6 Å². The zero-order valence-electron chi connectivity index (χ0n) is 10.5. The Morgan fingerprint density at radius 3 is 2.75 bits per heavy atom. The standard InChI is InChI=1S/C16H11ClFNO/c17-14-8-3-6-13(11-14)16(20)19-10-4-7-12-5-1-2-9-15(12)18/h1-3,5-6,8-9,11H,10H2,(H,19,20). The van der Waals surface area contributed by atoms with Gasteiger partial charge in [-0.2, -0.15) is 0 Å². The van der Waals surface area contributed by atoms with E-state index in [9.17, 15) is 9.18 Å². The zero-order valence-corrected chi connectivity index (χ0v) is 11.2. The summed E-state index contributed by atoms with van der Waals surface area (Å²) in [5, 5.41) is 3.12. The second-order valence-electron chi connectivity index (χ2n) is 3.97. The van der Waals surface area contributed by atoms with Crippen molar-refractivity contribution in [2.45, 2.75) is 0 Å². The van der Waals surface area contributed by atoms with E-state index in [1.54, 1.807) is 42.5 Å². The molecule has 4 heteroatoms. The van der Waals surface area contributed by atoms with Crippen molar-refractivity contribution in [1.82, 2.24) is 5.32 Å². The van der Waals surface area contributed by atoms with Crippen molar-refractivity contribution in [2.75, 3.05) is 6.54 Å². The average Bonchev–Trinajstić information content (AvgIpc) is 2.45. The summed E-state index contributed by atoms with van der Waals surface area (Å²) < 4.78 is 13.3. The number of amides is 1. The molecule has 0 bridgehead atoms. The zero-order chi connectivity index (χ0) is 14.4. The molecule has 0 aliphatic carbocycles. The molecule has 0 aliphatic rings. The van der Waals surface area contributed by atoms with E-state index in [0.717, 1.165) is 0 Å². The number of halogens is 2. The number of hydrogen-bond acceptors (Lipinski definition) is 1. The van der Waals surface area contributed by atoms with Crippen molar-refractivity contribution >= 4 is 17.5 Å². The summed E-state index contributed by atoms with van der Waals surface area (Å²) in [5.41, 5.74) is 0.773. The number of benzene rings is 2. The molecule has 0 spiro atoms. The van der Waals surface area contributed by atoms with Crippen molar-refractivity contribution in [3.05, 3.63) is 70.5 Å². The van der Waals surface area contributed by atoms with Gasteiger partial charge in [-0.3, -0.25) is 4.79 Å². The topological polar surface area (TPSA) is 29.1 Å². The highest BCUT2D eigenvalue weighted by molar-refractivity contribution is 6.30. The van der Waals surface area contributed by atoms with E-state index in [2.05, 4.69) is 17.2 Å². The van der Waals surface area contributed by atoms with Gasteiger partial charge in [0.25, 0.3) is 5.91 Å². The molecule has 0 unspecified atom stereocenters. The molecule has 2 aromatic carbocycles. The van der Waals surface area contributed by atoms with Crippen LogP contribution >= 0.6 is 11.6 Å². The van der Waals surface area contributed by atoms with Crippen LogP contribution in [-0.2, 0) is 0 Å². The Bertz CT molecular complexity index is 688. The minimum atomic E-state index is -0.374. The van der Waals surface area contributed by atoms with E-state index in [1.165, 1.54) is 6.07 Å². The fraction of sp³-hybridized carbons (Fsp3) is 0.0625. The molecular formula is C16H11ClFNO. The van der Waals surface area contributed by atoms with Gasteiger partial charge < -0.3 is 5.32 Å². The van der Waals surface area contributed by atoms with Gasteiger partial charge in [0, 0.05) is 10.6 Å². The summed E-state index contributed by atoms with van der Waals surface area (Å²) in [6, 6.07) is 12.8. The van der Waals surface area contributed by atoms with Gasteiger partial charge in [0.1, 0.15) is 5.82 Å². The third kappa shape index (κ3) is 3.84. The summed E-state index contributed by atoms with van der Waals surface area (Å²) in [6.45, 7) is 0.139. The average molecular weight is 288 g/mol. The molecule has 100 valence electrons. The smallest absolute Gasteiger partial charge is 0.252 e. The number of nitrogens with one attached hydrogen (secondary N) is 1. The van der Waals surface area contributed by atoms with Crippen LogP contribution in [0.5, 0.6) is 0 Å². The van der Waals surface area contributed by atoms with Gasteiger partial charge in [0.05, 0.1) is 12.1 Å². The summed E-state index contributed by atoms with van der Waals surface area (Å²) in [7, 11) is 0. The van der Waals surface area contributed by atoms with Gasteiger partial charge in [-0.05, 0) is 30.3 Å². The maximum Gasteiger partial charge on any atom is 0.252 e. The molecule has 0 aliphatic heterocycles. The van der Waals surface area contributed by atoms with Crippen LogP contribution in [0.3, 0.4) is 0 Å². The predicted octanol–water partition coefficient (Wildman–Crippen LogP) is 3.26. The molecule has 2 rings (SSSR count). The lowest BCUT2D eigenvalue weighted by Gasteiger charge is -2.01. The Hall–Kier alpha value is -2.31. The number of hydrogen-bond donors (Lipinski definition) is 1. The monoisotopic (exact) mass is 287 g/mol. The lowest BCUT2D eigenvalue weighted by atomic mass is 10.2. The molecule has 0 radical (unpaired) electrons. The van der Waals surface area contributed by atoms with E-state index in [1.807, 2.05) is 0 Å². The lowest BCUT2D eigenvalue weighted by Crippen LogP contribution is -2.23. The maximum absolute atomic E-state index is 13.3. The van der Waals surface area contributed by atoms with Gasteiger partial charge in [-0.25, -0.2) is 4.39 Å². The van der Waals surface area contributed by atoms with Gasteiger partial charge in [0.15, 0.2) is 0 Å². The molecule has 0 saturated carbocycles. The molecule has 0 atom stereocenters. The van der Waals surface area contributed by atoms with Crippen molar-refractivity contribution < 1.29 is 9.18 Å². The third-order valence-corrected chi connectivity index (χ3v) is 2.76. The summed E-state index contributed by atoms with van der Waals surface area (Å²) in [4.78, 5) is 11.8. The molecule has 0 heterocycles. The Kier molecular flexibility index (Phi) is 4.75. The third-order valence-electron chi connectivity index (χ3n) is 2.52. The van der Waals surface area contributed by atoms with Crippen LogP contribution in [0, 0.1) is 17.7 Å². The van der Waals surface area contributed by atoms with Crippen LogP contribution in [0.15, 0.2) is 48.5 Å². The van der Waals surface area contributed by atoms with Gasteiger partial charge >= 0.3 is 0 Å². The maximum atomic E-state index is 13.3. The van der Waals surface area contributed by atoms with Gasteiger partial charge in [0.2, 0.25) is 0 Å². The molecule has 2 nitrogen and oxygen atoms in total. The molecule has 1 amide bonds. The Morgan fingerprint density at radius 1 is 1.20 bits per heavy atom. The predicted molar refractivity (Wildman–Crippen MR) is 77.1 cm³/mol. The van der Waals surface area contributed by atoms with E-state index >= 15 is 0 Å². The minimum absolute atomic E-state index is 0.139. The number of rotatable bonds is 2.